The summed E-state index contributed by atoms with van der Waals surface area (Å²) < 4.78 is 2.06. The lowest BCUT2D eigenvalue weighted by atomic mass is 10.2. The summed E-state index contributed by atoms with van der Waals surface area (Å²) in [5, 5.41) is 11.9. The van der Waals surface area contributed by atoms with Crippen molar-refractivity contribution in [2.75, 3.05) is 19.7 Å². The maximum absolute atomic E-state index is 8.56. The molecule has 1 rings (SSSR count). The normalized spacial score (nSPS) is 10.6. The third-order valence-electron chi connectivity index (χ3n) is 2.12. The standard InChI is InChI=1S/C10H19N3O/c14-9-3-1-2-4-11-5-7-13-8-6-12-10-13/h6,8,10-11,14H,1-5,7,9H2. The van der Waals surface area contributed by atoms with Gasteiger partial charge in [0.1, 0.15) is 0 Å². The van der Waals surface area contributed by atoms with Gasteiger partial charge in [0.15, 0.2) is 0 Å². The lowest BCUT2D eigenvalue weighted by Crippen LogP contribution is -2.20. The quantitative estimate of drug-likeness (QED) is 0.601. The average Bonchev–Trinajstić information content (AvgIpc) is 2.69. The minimum atomic E-state index is 0.315. The molecule has 0 saturated heterocycles. The highest BCUT2D eigenvalue weighted by Gasteiger charge is 1.90. The first-order chi connectivity index (χ1) is 6.93. The summed E-state index contributed by atoms with van der Waals surface area (Å²) in [5.41, 5.74) is 0. The van der Waals surface area contributed by atoms with Crippen LogP contribution >= 0.6 is 0 Å². The highest BCUT2D eigenvalue weighted by Crippen LogP contribution is 1.91. The zero-order valence-electron chi connectivity index (χ0n) is 8.52. The van der Waals surface area contributed by atoms with Crippen molar-refractivity contribution in [3.05, 3.63) is 18.7 Å². The molecule has 0 aliphatic rings. The average molecular weight is 197 g/mol. The van der Waals surface area contributed by atoms with Crippen molar-refractivity contribution in [1.82, 2.24) is 14.9 Å². The number of nitrogens with zero attached hydrogens (tertiary/aromatic N) is 2. The number of nitrogens with one attached hydrogen (secondary N) is 1. The third-order valence-corrected chi connectivity index (χ3v) is 2.12. The van der Waals surface area contributed by atoms with Crippen molar-refractivity contribution >= 4 is 0 Å². The predicted molar refractivity (Wildman–Crippen MR) is 56.0 cm³/mol. The molecule has 0 radical (unpaired) electrons. The summed E-state index contributed by atoms with van der Waals surface area (Å²) in [5.74, 6) is 0. The Hall–Kier alpha value is -0.870. The van der Waals surface area contributed by atoms with E-state index in [1.54, 1.807) is 6.20 Å². The molecule has 1 heterocycles. The van der Waals surface area contributed by atoms with Crippen LogP contribution in [0.3, 0.4) is 0 Å². The molecule has 4 nitrogen and oxygen atoms in total. The molecule has 0 amide bonds. The first-order valence-corrected chi connectivity index (χ1v) is 5.21. The molecule has 80 valence electrons. The molecule has 2 N–H and O–H groups in total. The molecule has 0 aliphatic heterocycles. The van der Waals surface area contributed by atoms with Crippen molar-refractivity contribution in [3.8, 4) is 0 Å². The molecular formula is C10H19N3O. The lowest BCUT2D eigenvalue weighted by molar-refractivity contribution is 0.283. The van der Waals surface area contributed by atoms with Gasteiger partial charge in [-0.1, -0.05) is 0 Å². The summed E-state index contributed by atoms with van der Waals surface area (Å²) in [7, 11) is 0. The topological polar surface area (TPSA) is 50.1 Å². The maximum Gasteiger partial charge on any atom is 0.0946 e. The van der Waals surface area contributed by atoms with E-state index in [0.717, 1.165) is 38.9 Å². The highest BCUT2D eigenvalue weighted by atomic mass is 16.2. The minimum Gasteiger partial charge on any atom is -0.396 e. The van der Waals surface area contributed by atoms with Crippen LogP contribution in [-0.2, 0) is 6.54 Å². The molecule has 0 atom stereocenters. The van der Waals surface area contributed by atoms with Crippen LogP contribution < -0.4 is 5.32 Å². The summed E-state index contributed by atoms with van der Waals surface area (Å²) in [6, 6.07) is 0. The van der Waals surface area contributed by atoms with Gasteiger partial charge >= 0.3 is 0 Å². The number of rotatable bonds is 8. The second kappa shape index (κ2) is 7.53. The first-order valence-electron chi connectivity index (χ1n) is 5.21. The molecule has 0 fully saturated rings. The highest BCUT2D eigenvalue weighted by molar-refractivity contribution is 4.74. The Morgan fingerprint density at radius 3 is 2.86 bits per heavy atom. The zero-order valence-corrected chi connectivity index (χ0v) is 8.52. The van der Waals surface area contributed by atoms with Crippen LogP contribution in [0.1, 0.15) is 19.3 Å². The number of hydrogen-bond donors (Lipinski definition) is 2. The van der Waals surface area contributed by atoms with Gasteiger partial charge in [-0.3, -0.25) is 0 Å². The predicted octanol–water partition coefficient (Wildman–Crippen LogP) is 0.635. The van der Waals surface area contributed by atoms with Crippen LogP contribution in [0.2, 0.25) is 0 Å². The fraction of sp³-hybridized carbons (Fsp3) is 0.700. The number of aliphatic hydroxyl groups excluding tert-OH is 1. The minimum absolute atomic E-state index is 0.315. The first kappa shape index (κ1) is 11.2. The van der Waals surface area contributed by atoms with Gasteiger partial charge in [-0.25, -0.2) is 4.98 Å². The van der Waals surface area contributed by atoms with E-state index >= 15 is 0 Å². The number of unbranched alkanes of at least 4 members (excludes halogenated alkanes) is 2. The van der Waals surface area contributed by atoms with Gasteiger partial charge in [0, 0.05) is 32.1 Å². The molecule has 1 aromatic heterocycles. The summed E-state index contributed by atoms with van der Waals surface area (Å²) in [4.78, 5) is 3.97. The van der Waals surface area contributed by atoms with Gasteiger partial charge in [0.2, 0.25) is 0 Å². The molecule has 0 aliphatic carbocycles. The number of aliphatic hydroxyl groups is 1. The van der Waals surface area contributed by atoms with E-state index in [0.29, 0.717) is 6.61 Å². The Kier molecular flexibility index (Phi) is 6.02. The Balaban J connectivity index is 1.85. The van der Waals surface area contributed by atoms with Crippen LogP contribution in [0, 0.1) is 0 Å². The van der Waals surface area contributed by atoms with Crippen LogP contribution in [-0.4, -0.2) is 34.4 Å². The van der Waals surface area contributed by atoms with E-state index in [2.05, 4.69) is 14.9 Å². The summed E-state index contributed by atoms with van der Waals surface area (Å²) in [6.45, 7) is 3.30. The Morgan fingerprint density at radius 2 is 2.14 bits per heavy atom. The van der Waals surface area contributed by atoms with Crippen LogP contribution in [0.4, 0.5) is 0 Å². The van der Waals surface area contributed by atoms with Crippen molar-refractivity contribution in [2.24, 2.45) is 0 Å². The molecule has 0 unspecified atom stereocenters. The van der Waals surface area contributed by atoms with Gasteiger partial charge in [-0.05, 0) is 25.8 Å². The van der Waals surface area contributed by atoms with Crippen molar-refractivity contribution in [2.45, 2.75) is 25.8 Å². The molecular weight excluding hydrogens is 178 g/mol. The largest absolute Gasteiger partial charge is 0.396 e. The lowest BCUT2D eigenvalue weighted by Gasteiger charge is -2.04. The smallest absolute Gasteiger partial charge is 0.0946 e. The molecule has 4 heteroatoms. The van der Waals surface area contributed by atoms with Crippen molar-refractivity contribution < 1.29 is 5.11 Å². The van der Waals surface area contributed by atoms with Gasteiger partial charge < -0.3 is 15.0 Å². The van der Waals surface area contributed by atoms with Crippen molar-refractivity contribution in [3.63, 3.8) is 0 Å². The van der Waals surface area contributed by atoms with Gasteiger partial charge in [-0.15, -0.1) is 0 Å². The number of imidazole rings is 1. The zero-order chi connectivity index (χ0) is 10.1. The van der Waals surface area contributed by atoms with Gasteiger partial charge in [0.05, 0.1) is 6.33 Å². The Bertz CT molecular complexity index is 211. The van der Waals surface area contributed by atoms with E-state index < -0.39 is 0 Å². The monoisotopic (exact) mass is 197 g/mol. The summed E-state index contributed by atoms with van der Waals surface area (Å²) >= 11 is 0. The van der Waals surface area contributed by atoms with E-state index in [-0.39, 0.29) is 0 Å². The van der Waals surface area contributed by atoms with Crippen LogP contribution in [0.25, 0.3) is 0 Å². The van der Waals surface area contributed by atoms with E-state index in [1.807, 2.05) is 12.5 Å². The van der Waals surface area contributed by atoms with E-state index in [9.17, 15) is 0 Å². The van der Waals surface area contributed by atoms with Crippen LogP contribution in [0.15, 0.2) is 18.7 Å². The van der Waals surface area contributed by atoms with Crippen LogP contribution in [0.5, 0.6) is 0 Å². The SMILES string of the molecule is OCCCCCNCCn1ccnc1. The molecule has 1 aromatic rings. The third kappa shape index (κ3) is 4.99. The van der Waals surface area contributed by atoms with Gasteiger partial charge in [0.25, 0.3) is 0 Å². The second-order valence-electron chi connectivity index (χ2n) is 3.33. The van der Waals surface area contributed by atoms with Crippen molar-refractivity contribution in [1.29, 1.82) is 0 Å². The van der Waals surface area contributed by atoms with Gasteiger partial charge in [-0.2, -0.15) is 0 Å². The molecule has 0 saturated carbocycles. The number of aromatic nitrogens is 2. The fourth-order valence-corrected chi connectivity index (χ4v) is 1.29. The molecule has 0 bridgehead atoms. The molecule has 14 heavy (non-hydrogen) atoms. The number of hydrogen-bond acceptors (Lipinski definition) is 3. The Labute approximate surface area is 85.0 Å². The Morgan fingerprint density at radius 1 is 1.21 bits per heavy atom. The van der Waals surface area contributed by atoms with E-state index in [1.165, 1.54) is 0 Å². The second-order valence-corrected chi connectivity index (χ2v) is 3.33. The maximum atomic E-state index is 8.56. The fourth-order valence-electron chi connectivity index (χ4n) is 1.29. The molecule has 0 aromatic carbocycles. The molecule has 0 spiro atoms. The summed E-state index contributed by atoms with van der Waals surface area (Å²) in [6.07, 6.45) is 8.75. The van der Waals surface area contributed by atoms with E-state index in [4.69, 9.17) is 5.11 Å².